The number of benzene rings is 2. The lowest BCUT2D eigenvalue weighted by atomic mass is 10.2. The lowest BCUT2D eigenvalue weighted by Crippen LogP contribution is -2.29. The number of nitro groups is 1. The fourth-order valence-corrected chi connectivity index (χ4v) is 4.21. The Labute approximate surface area is 205 Å². The summed E-state index contributed by atoms with van der Waals surface area (Å²) in [6.45, 7) is 5.98. The third-order valence-corrected chi connectivity index (χ3v) is 6.25. The highest BCUT2D eigenvalue weighted by Gasteiger charge is 2.21. The van der Waals surface area contributed by atoms with Crippen LogP contribution in [0.1, 0.15) is 41.6 Å². The summed E-state index contributed by atoms with van der Waals surface area (Å²) < 4.78 is 1.81. The van der Waals surface area contributed by atoms with E-state index in [2.05, 4.69) is 20.8 Å². The number of thioether (sulfide) groups is 1. The van der Waals surface area contributed by atoms with Crippen molar-refractivity contribution in [1.82, 2.24) is 20.1 Å². The largest absolute Gasteiger partial charge is 0.342 e. The number of hydrogen-bond donors (Lipinski definition) is 2. The minimum Gasteiger partial charge on any atom is -0.342 e. The van der Waals surface area contributed by atoms with Crippen molar-refractivity contribution in [3.63, 3.8) is 0 Å². The SMILES string of the molecule is CCn1c(SCC(=O)Nc2cc([N+](=O)[O-])ccc2C)nnc1[C@@H](C)NC(=O)c1ccccc1Cl. The highest BCUT2D eigenvalue weighted by molar-refractivity contribution is 7.99. The number of nitro benzene ring substituents is 1. The van der Waals surface area contributed by atoms with Crippen LogP contribution in [-0.4, -0.2) is 37.3 Å². The van der Waals surface area contributed by atoms with Crippen molar-refractivity contribution < 1.29 is 14.5 Å². The van der Waals surface area contributed by atoms with Crippen LogP contribution in [0.5, 0.6) is 0 Å². The maximum Gasteiger partial charge on any atom is 0.271 e. The molecule has 1 atom stereocenters. The Bertz CT molecular complexity index is 1230. The van der Waals surface area contributed by atoms with Crippen LogP contribution in [0.25, 0.3) is 0 Å². The molecule has 2 amide bonds. The quantitative estimate of drug-likeness (QED) is 0.252. The molecule has 12 heteroatoms. The van der Waals surface area contributed by atoms with Crippen LogP contribution in [0, 0.1) is 17.0 Å². The fraction of sp³-hybridized carbons (Fsp3) is 0.273. The van der Waals surface area contributed by atoms with Crippen molar-refractivity contribution in [2.45, 2.75) is 38.5 Å². The van der Waals surface area contributed by atoms with Crippen LogP contribution in [-0.2, 0) is 11.3 Å². The average molecular weight is 503 g/mol. The first-order valence-electron chi connectivity index (χ1n) is 10.4. The first kappa shape index (κ1) is 25.2. The molecule has 2 aromatic carbocycles. The smallest absolute Gasteiger partial charge is 0.271 e. The monoisotopic (exact) mass is 502 g/mol. The van der Waals surface area contributed by atoms with Crippen LogP contribution >= 0.6 is 23.4 Å². The number of aryl methyl sites for hydroxylation is 1. The van der Waals surface area contributed by atoms with Gasteiger partial charge in [-0.1, -0.05) is 41.6 Å². The van der Waals surface area contributed by atoms with E-state index in [0.717, 1.165) is 0 Å². The minimum absolute atomic E-state index is 0.0284. The summed E-state index contributed by atoms with van der Waals surface area (Å²) in [5.41, 5.74) is 1.36. The zero-order chi connectivity index (χ0) is 24.8. The normalized spacial score (nSPS) is 11.6. The molecular weight excluding hydrogens is 480 g/mol. The number of carbonyl (C=O) groups excluding carboxylic acids is 2. The van der Waals surface area contributed by atoms with Gasteiger partial charge in [-0.3, -0.25) is 19.7 Å². The Kier molecular flexibility index (Phi) is 8.24. The predicted octanol–water partition coefficient (Wildman–Crippen LogP) is 4.39. The number of nitrogens with one attached hydrogen (secondary N) is 2. The van der Waals surface area contributed by atoms with E-state index in [1.54, 1.807) is 44.2 Å². The lowest BCUT2D eigenvalue weighted by Gasteiger charge is -2.15. The molecule has 10 nitrogen and oxygen atoms in total. The molecule has 1 aromatic heterocycles. The van der Waals surface area contributed by atoms with Crippen LogP contribution in [0.2, 0.25) is 5.02 Å². The van der Waals surface area contributed by atoms with E-state index in [9.17, 15) is 19.7 Å². The Balaban J connectivity index is 1.66. The first-order chi connectivity index (χ1) is 16.2. The van der Waals surface area contributed by atoms with Crippen LogP contribution in [0.4, 0.5) is 11.4 Å². The van der Waals surface area contributed by atoms with Crippen LogP contribution in [0.3, 0.4) is 0 Å². The number of non-ortho nitro benzene ring substituents is 1. The van der Waals surface area contributed by atoms with E-state index in [4.69, 9.17) is 11.6 Å². The maximum absolute atomic E-state index is 12.6. The van der Waals surface area contributed by atoms with E-state index < -0.39 is 11.0 Å². The van der Waals surface area contributed by atoms with E-state index in [1.165, 1.54) is 23.9 Å². The lowest BCUT2D eigenvalue weighted by molar-refractivity contribution is -0.384. The summed E-state index contributed by atoms with van der Waals surface area (Å²) in [5, 5.41) is 25.8. The maximum atomic E-state index is 12.6. The zero-order valence-corrected chi connectivity index (χ0v) is 20.3. The van der Waals surface area contributed by atoms with Crippen molar-refractivity contribution in [3.05, 3.63) is 74.6 Å². The number of rotatable bonds is 9. The number of carbonyl (C=O) groups is 2. The summed E-state index contributed by atoms with van der Waals surface area (Å²) in [4.78, 5) is 35.5. The molecule has 0 aliphatic heterocycles. The topological polar surface area (TPSA) is 132 Å². The van der Waals surface area contributed by atoms with Gasteiger partial charge in [0.05, 0.1) is 33.0 Å². The number of hydrogen-bond acceptors (Lipinski definition) is 7. The summed E-state index contributed by atoms with van der Waals surface area (Å²) in [6, 6.07) is 10.6. The van der Waals surface area contributed by atoms with E-state index >= 15 is 0 Å². The second-order valence-corrected chi connectivity index (χ2v) is 8.70. The Morgan fingerprint density at radius 3 is 2.65 bits per heavy atom. The van der Waals surface area contributed by atoms with E-state index in [-0.39, 0.29) is 23.3 Å². The van der Waals surface area contributed by atoms with Gasteiger partial charge < -0.3 is 15.2 Å². The average Bonchev–Trinajstić information content (AvgIpc) is 3.22. The Morgan fingerprint density at radius 2 is 1.97 bits per heavy atom. The molecule has 0 fully saturated rings. The molecule has 2 N–H and O–H groups in total. The Hall–Kier alpha value is -3.44. The zero-order valence-electron chi connectivity index (χ0n) is 18.7. The summed E-state index contributed by atoms with van der Waals surface area (Å²) in [6.07, 6.45) is 0. The van der Waals surface area contributed by atoms with Crippen LogP contribution in [0.15, 0.2) is 47.6 Å². The summed E-state index contributed by atoms with van der Waals surface area (Å²) in [7, 11) is 0. The highest BCUT2D eigenvalue weighted by Crippen LogP contribution is 2.24. The van der Waals surface area contributed by atoms with Gasteiger partial charge in [-0.2, -0.15) is 0 Å². The first-order valence-corrected chi connectivity index (χ1v) is 11.7. The molecular formula is C22H23ClN6O4S. The van der Waals surface area contributed by atoms with E-state index in [1.807, 2.05) is 11.5 Å². The predicted molar refractivity (Wildman–Crippen MR) is 130 cm³/mol. The molecule has 0 spiro atoms. The third kappa shape index (κ3) is 5.91. The molecule has 0 saturated carbocycles. The standard InChI is InChI=1S/C22H23ClN6O4S/c1-4-28-20(14(3)24-21(31)16-7-5-6-8-17(16)23)26-27-22(28)34-12-19(30)25-18-11-15(29(32)33)10-9-13(18)2/h5-11,14H,4,12H2,1-3H3,(H,24,31)(H,25,30)/t14-/m1/s1. The van der Waals surface area contributed by atoms with Crippen molar-refractivity contribution in [3.8, 4) is 0 Å². The number of aromatic nitrogens is 3. The van der Waals surface area contributed by atoms with Gasteiger partial charge >= 0.3 is 0 Å². The van der Waals surface area contributed by atoms with Crippen molar-refractivity contribution in [1.29, 1.82) is 0 Å². The molecule has 0 saturated heterocycles. The van der Waals surface area contributed by atoms with Gasteiger partial charge in [0, 0.05) is 18.7 Å². The molecule has 0 bridgehead atoms. The van der Waals surface area contributed by atoms with Gasteiger partial charge in [-0.05, 0) is 38.5 Å². The van der Waals surface area contributed by atoms with Crippen molar-refractivity contribution in [2.75, 3.05) is 11.1 Å². The number of nitrogens with zero attached hydrogens (tertiary/aromatic N) is 4. The van der Waals surface area contributed by atoms with Gasteiger partial charge in [-0.25, -0.2) is 0 Å². The molecule has 1 heterocycles. The van der Waals surface area contributed by atoms with Gasteiger partial charge in [0.1, 0.15) is 0 Å². The molecule has 0 unspecified atom stereocenters. The molecule has 3 aromatic rings. The number of halogens is 1. The third-order valence-electron chi connectivity index (χ3n) is 4.95. The van der Waals surface area contributed by atoms with E-state index in [0.29, 0.717) is 39.4 Å². The number of amides is 2. The van der Waals surface area contributed by atoms with Crippen molar-refractivity contribution in [2.24, 2.45) is 0 Å². The van der Waals surface area contributed by atoms with Gasteiger partial charge in [0.15, 0.2) is 11.0 Å². The second kappa shape index (κ2) is 11.1. The van der Waals surface area contributed by atoms with Gasteiger partial charge in [0.25, 0.3) is 11.6 Å². The van der Waals surface area contributed by atoms with Crippen LogP contribution < -0.4 is 10.6 Å². The molecule has 0 aliphatic rings. The molecule has 34 heavy (non-hydrogen) atoms. The highest BCUT2D eigenvalue weighted by atomic mass is 35.5. The Morgan fingerprint density at radius 1 is 1.24 bits per heavy atom. The van der Waals surface area contributed by atoms with Gasteiger partial charge in [0.2, 0.25) is 5.91 Å². The summed E-state index contributed by atoms with van der Waals surface area (Å²) in [5.74, 6) is -0.0912. The fourth-order valence-electron chi connectivity index (χ4n) is 3.18. The van der Waals surface area contributed by atoms with Gasteiger partial charge in [-0.15, -0.1) is 10.2 Å². The number of anilines is 1. The molecule has 0 radical (unpaired) electrons. The second-order valence-electron chi connectivity index (χ2n) is 7.35. The molecule has 0 aliphatic carbocycles. The summed E-state index contributed by atoms with van der Waals surface area (Å²) >= 11 is 7.29. The molecule has 178 valence electrons. The van der Waals surface area contributed by atoms with Crippen molar-refractivity contribution >= 4 is 46.6 Å². The molecule has 3 rings (SSSR count). The minimum atomic E-state index is -0.513.